The summed E-state index contributed by atoms with van der Waals surface area (Å²) in [6.07, 6.45) is 0.654. The maximum Gasteiger partial charge on any atom is 0.227 e. The van der Waals surface area contributed by atoms with Gasteiger partial charge in [0.05, 0.1) is 6.04 Å². The van der Waals surface area contributed by atoms with E-state index in [0.29, 0.717) is 23.2 Å². The lowest BCUT2D eigenvalue weighted by atomic mass is 10.0. The summed E-state index contributed by atoms with van der Waals surface area (Å²) in [5.74, 6) is 0.885. The van der Waals surface area contributed by atoms with Crippen LogP contribution in [0.5, 0.6) is 0 Å². The molecule has 0 saturated carbocycles. The van der Waals surface area contributed by atoms with E-state index in [1.807, 2.05) is 73.7 Å². The van der Waals surface area contributed by atoms with Gasteiger partial charge in [-0.15, -0.1) is 0 Å². The number of hydrogen-bond acceptors (Lipinski definition) is 4. The lowest BCUT2D eigenvalue weighted by Crippen LogP contribution is -2.26. The fourth-order valence-electron chi connectivity index (χ4n) is 3.28. The Hall–Kier alpha value is -3.44. The molecule has 0 spiro atoms. The number of halogens is 1. The molecule has 1 heterocycles. The summed E-state index contributed by atoms with van der Waals surface area (Å²) in [6, 6.07) is 25.5. The van der Waals surface area contributed by atoms with E-state index in [1.165, 1.54) is 0 Å². The minimum absolute atomic E-state index is 0.0746. The second kappa shape index (κ2) is 9.58. The number of carbonyl (C=O) groups excluding carboxylic acids is 1. The summed E-state index contributed by atoms with van der Waals surface area (Å²) >= 11 is 5.91. The Morgan fingerprint density at radius 2 is 1.58 bits per heavy atom. The van der Waals surface area contributed by atoms with E-state index in [1.54, 1.807) is 0 Å². The van der Waals surface area contributed by atoms with Crippen LogP contribution in [-0.2, 0) is 11.2 Å². The molecule has 0 radical (unpaired) electrons. The van der Waals surface area contributed by atoms with Gasteiger partial charge in [-0.1, -0.05) is 83.5 Å². The Balaban J connectivity index is 1.32. The van der Waals surface area contributed by atoms with Gasteiger partial charge in [-0.2, -0.15) is 4.98 Å². The van der Waals surface area contributed by atoms with Crippen LogP contribution in [0.1, 0.15) is 30.8 Å². The van der Waals surface area contributed by atoms with Gasteiger partial charge in [-0.3, -0.25) is 4.79 Å². The zero-order valence-electron chi connectivity index (χ0n) is 17.1. The third kappa shape index (κ3) is 5.38. The first-order valence-corrected chi connectivity index (χ1v) is 10.5. The zero-order chi connectivity index (χ0) is 21.6. The average Bonchev–Trinajstić information content (AvgIpc) is 3.28. The van der Waals surface area contributed by atoms with Gasteiger partial charge >= 0.3 is 0 Å². The Bertz CT molecular complexity index is 1140. The van der Waals surface area contributed by atoms with E-state index in [0.717, 1.165) is 22.3 Å². The van der Waals surface area contributed by atoms with Crippen molar-refractivity contribution in [2.24, 2.45) is 0 Å². The van der Waals surface area contributed by atoms with Crippen LogP contribution in [0.15, 0.2) is 83.4 Å². The molecule has 1 aromatic heterocycles. The fraction of sp³-hybridized carbons (Fsp3) is 0.160. The number of nitrogens with one attached hydrogen (secondary N) is 1. The number of rotatable bonds is 7. The maximum atomic E-state index is 12.3. The molecule has 0 aliphatic carbocycles. The number of nitrogens with zero attached hydrogens (tertiary/aromatic N) is 2. The smallest absolute Gasteiger partial charge is 0.227 e. The Labute approximate surface area is 186 Å². The van der Waals surface area contributed by atoms with Gasteiger partial charge in [0, 0.05) is 23.4 Å². The first-order valence-electron chi connectivity index (χ1n) is 10.1. The van der Waals surface area contributed by atoms with Gasteiger partial charge < -0.3 is 9.84 Å². The molecule has 0 unspecified atom stereocenters. The van der Waals surface area contributed by atoms with Gasteiger partial charge in [-0.25, -0.2) is 0 Å². The van der Waals surface area contributed by atoms with Crippen molar-refractivity contribution in [2.45, 2.75) is 25.8 Å². The van der Waals surface area contributed by atoms with E-state index >= 15 is 0 Å². The highest BCUT2D eigenvalue weighted by Crippen LogP contribution is 2.23. The van der Waals surface area contributed by atoms with Gasteiger partial charge in [0.25, 0.3) is 0 Å². The van der Waals surface area contributed by atoms with Crippen molar-refractivity contribution in [3.05, 3.63) is 95.3 Å². The summed E-state index contributed by atoms with van der Waals surface area (Å²) in [5.41, 5.74) is 4.15. The van der Waals surface area contributed by atoms with Crippen LogP contribution < -0.4 is 5.32 Å². The predicted molar refractivity (Wildman–Crippen MR) is 122 cm³/mol. The van der Waals surface area contributed by atoms with Crippen molar-refractivity contribution in [2.75, 3.05) is 0 Å². The van der Waals surface area contributed by atoms with Gasteiger partial charge in [0.15, 0.2) is 0 Å². The monoisotopic (exact) mass is 431 g/mol. The number of aryl methyl sites for hydroxylation is 1. The third-order valence-corrected chi connectivity index (χ3v) is 5.28. The van der Waals surface area contributed by atoms with Gasteiger partial charge in [-0.05, 0) is 35.7 Å². The first-order chi connectivity index (χ1) is 15.1. The van der Waals surface area contributed by atoms with Crippen molar-refractivity contribution < 1.29 is 9.32 Å². The molecular formula is C25H22ClN3O2. The SMILES string of the molecule is C[C@H](NC(=O)CCc1nc(-c2ccc(-c3ccccc3)cc2)no1)c1ccc(Cl)cc1. The second-order valence-corrected chi connectivity index (χ2v) is 7.73. The van der Waals surface area contributed by atoms with Crippen molar-refractivity contribution in [3.63, 3.8) is 0 Å². The second-order valence-electron chi connectivity index (χ2n) is 7.30. The van der Waals surface area contributed by atoms with E-state index in [9.17, 15) is 4.79 Å². The van der Waals surface area contributed by atoms with Crippen LogP contribution in [0.25, 0.3) is 22.5 Å². The first kappa shape index (κ1) is 20.8. The van der Waals surface area contributed by atoms with Crippen LogP contribution in [0.2, 0.25) is 5.02 Å². The number of hydrogen-bond donors (Lipinski definition) is 1. The number of benzene rings is 3. The van der Waals surface area contributed by atoms with Crippen molar-refractivity contribution in [1.82, 2.24) is 15.5 Å². The molecule has 1 amide bonds. The molecule has 1 N–H and O–H groups in total. The summed E-state index contributed by atoms with van der Waals surface area (Å²) in [4.78, 5) is 16.7. The zero-order valence-corrected chi connectivity index (χ0v) is 17.8. The largest absolute Gasteiger partial charge is 0.350 e. The maximum absolute atomic E-state index is 12.3. The van der Waals surface area contributed by atoms with Crippen molar-refractivity contribution in [3.8, 4) is 22.5 Å². The Kier molecular flexibility index (Phi) is 6.43. The normalized spacial score (nSPS) is 11.8. The van der Waals surface area contributed by atoms with Crippen LogP contribution in [0, 0.1) is 0 Å². The molecule has 4 aromatic rings. The molecule has 3 aromatic carbocycles. The van der Waals surface area contributed by atoms with E-state index in [4.69, 9.17) is 16.1 Å². The molecule has 4 rings (SSSR count). The molecule has 6 heteroatoms. The summed E-state index contributed by atoms with van der Waals surface area (Å²) in [6.45, 7) is 1.94. The quantitative estimate of drug-likeness (QED) is 0.397. The molecule has 31 heavy (non-hydrogen) atoms. The Morgan fingerprint density at radius 1 is 0.935 bits per heavy atom. The van der Waals surface area contributed by atoms with E-state index < -0.39 is 0 Å². The van der Waals surface area contributed by atoms with E-state index in [-0.39, 0.29) is 18.4 Å². The molecule has 0 saturated heterocycles. The van der Waals surface area contributed by atoms with Crippen LogP contribution in [-0.4, -0.2) is 16.0 Å². The molecule has 156 valence electrons. The molecular weight excluding hydrogens is 410 g/mol. The fourth-order valence-corrected chi connectivity index (χ4v) is 3.41. The topological polar surface area (TPSA) is 68.0 Å². The number of carbonyl (C=O) groups is 1. The van der Waals surface area contributed by atoms with Crippen molar-refractivity contribution >= 4 is 17.5 Å². The summed E-state index contributed by atoms with van der Waals surface area (Å²) in [7, 11) is 0. The lowest BCUT2D eigenvalue weighted by Gasteiger charge is -2.14. The summed E-state index contributed by atoms with van der Waals surface area (Å²) < 4.78 is 5.33. The van der Waals surface area contributed by atoms with E-state index in [2.05, 4.69) is 27.6 Å². The molecule has 0 aliphatic rings. The van der Waals surface area contributed by atoms with Crippen LogP contribution >= 0.6 is 11.6 Å². The standard InChI is InChI=1S/C25H22ClN3O2/c1-17(18-11-13-22(26)14-12-18)27-23(30)15-16-24-28-25(29-31-24)21-9-7-20(8-10-21)19-5-3-2-4-6-19/h2-14,17H,15-16H2,1H3,(H,27,30)/t17-/m0/s1. The third-order valence-electron chi connectivity index (χ3n) is 5.03. The Morgan fingerprint density at radius 3 is 2.29 bits per heavy atom. The van der Waals surface area contributed by atoms with Gasteiger partial charge in [0.2, 0.25) is 17.6 Å². The average molecular weight is 432 g/mol. The summed E-state index contributed by atoms with van der Waals surface area (Å²) in [5, 5.41) is 7.70. The van der Waals surface area contributed by atoms with Crippen LogP contribution in [0.4, 0.5) is 0 Å². The molecule has 5 nitrogen and oxygen atoms in total. The highest BCUT2D eigenvalue weighted by atomic mass is 35.5. The van der Waals surface area contributed by atoms with Gasteiger partial charge in [0.1, 0.15) is 0 Å². The number of aromatic nitrogens is 2. The molecule has 0 bridgehead atoms. The highest BCUT2D eigenvalue weighted by molar-refractivity contribution is 6.30. The van der Waals surface area contributed by atoms with Crippen LogP contribution in [0.3, 0.4) is 0 Å². The molecule has 0 fully saturated rings. The molecule has 0 aliphatic heterocycles. The minimum atomic E-state index is -0.105. The molecule has 1 atom stereocenters. The highest BCUT2D eigenvalue weighted by Gasteiger charge is 2.13. The lowest BCUT2D eigenvalue weighted by molar-refractivity contribution is -0.121. The minimum Gasteiger partial charge on any atom is -0.350 e. The number of amides is 1. The predicted octanol–water partition coefficient (Wildman–Crippen LogP) is 5.87. The van der Waals surface area contributed by atoms with Crippen molar-refractivity contribution in [1.29, 1.82) is 0 Å².